The zero-order valence-corrected chi connectivity index (χ0v) is 9.59. The largest absolute Gasteiger partial charge is 0.353 e. The van der Waals surface area contributed by atoms with Gasteiger partial charge in [-0.2, -0.15) is 0 Å². The summed E-state index contributed by atoms with van der Waals surface area (Å²) < 4.78 is 2.17. The second-order valence-electron chi connectivity index (χ2n) is 4.03. The fraction of sp³-hybridized carbons (Fsp3) is 0.667. The van der Waals surface area contributed by atoms with Crippen LogP contribution in [0.2, 0.25) is 0 Å². The van der Waals surface area contributed by atoms with Gasteiger partial charge in [-0.15, -0.1) is 0 Å². The molecule has 1 aromatic rings. The van der Waals surface area contributed by atoms with Crippen LogP contribution in [0, 0.1) is 0 Å². The van der Waals surface area contributed by atoms with E-state index in [2.05, 4.69) is 49.1 Å². The maximum Gasteiger partial charge on any atom is 0.0361 e. The van der Waals surface area contributed by atoms with Crippen LogP contribution in [0.25, 0.3) is 0 Å². The summed E-state index contributed by atoms with van der Waals surface area (Å²) in [6, 6.07) is 4.89. The summed E-state index contributed by atoms with van der Waals surface area (Å²) in [6.45, 7) is 5.48. The topological polar surface area (TPSA) is 17.0 Å². The van der Waals surface area contributed by atoms with E-state index in [1.165, 1.54) is 25.0 Å². The molecule has 80 valence electrons. The Morgan fingerprint density at radius 1 is 1.50 bits per heavy atom. The highest BCUT2D eigenvalue weighted by Gasteiger charge is 2.01. The van der Waals surface area contributed by atoms with Gasteiger partial charge in [-0.3, -0.25) is 0 Å². The van der Waals surface area contributed by atoms with Crippen LogP contribution in [-0.2, 0) is 13.6 Å². The maximum absolute atomic E-state index is 3.54. The lowest BCUT2D eigenvalue weighted by molar-refractivity contribution is 0.487. The van der Waals surface area contributed by atoms with Crippen LogP contribution in [0.4, 0.5) is 0 Å². The molecule has 0 aliphatic heterocycles. The molecule has 0 fully saturated rings. The van der Waals surface area contributed by atoms with Crippen molar-refractivity contribution >= 4 is 0 Å². The minimum atomic E-state index is 0.629. The van der Waals surface area contributed by atoms with Gasteiger partial charge in [0.1, 0.15) is 0 Å². The molecule has 0 radical (unpaired) electrons. The minimum Gasteiger partial charge on any atom is -0.353 e. The van der Waals surface area contributed by atoms with E-state index < -0.39 is 0 Å². The van der Waals surface area contributed by atoms with E-state index >= 15 is 0 Å². The van der Waals surface area contributed by atoms with E-state index in [0.717, 1.165) is 6.54 Å². The molecule has 0 aliphatic rings. The van der Waals surface area contributed by atoms with Crippen molar-refractivity contribution in [3.63, 3.8) is 0 Å². The second kappa shape index (κ2) is 5.86. The van der Waals surface area contributed by atoms with Crippen LogP contribution in [0.1, 0.15) is 38.8 Å². The van der Waals surface area contributed by atoms with Crippen LogP contribution in [0.5, 0.6) is 0 Å². The summed E-state index contributed by atoms with van der Waals surface area (Å²) in [7, 11) is 2.09. The first-order valence-electron chi connectivity index (χ1n) is 5.57. The summed E-state index contributed by atoms with van der Waals surface area (Å²) >= 11 is 0. The van der Waals surface area contributed by atoms with Crippen LogP contribution < -0.4 is 5.32 Å². The molecular weight excluding hydrogens is 172 g/mol. The number of nitrogens with one attached hydrogen (secondary N) is 1. The Kier molecular flexibility index (Phi) is 4.74. The third kappa shape index (κ3) is 3.54. The molecular formula is C12H22N2. The Balaban J connectivity index is 2.23. The van der Waals surface area contributed by atoms with E-state index in [9.17, 15) is 0 Å². The molecule has 0 bridgehead atoms. The van der Waals surface area contributed by atoms with Crippen molar-refractivity contribution in [2.75, 3.05) is 0 Å². The molecule has 0 amide bonds. The van der Waals surface area contributed by atoms with E-state index in [0.29, 0.717) is 6.04 Å². The van der Waals surface area contributed by atoms with Crippen molar-refractivity contribution in [1.82, 2.24) is 9.88 Å². The summed E-state index contributed by atoms with van der Waals surface area (Å²) in [4.78, 5) is 0. The predicted octanol–water partition coefficient (Wildman–Crippen LogP) is 2.69. The van der Waals surface area contributed by atoms with Gasteiger partial charge in [0.2, 0.25) is 0 Å². The molecule has 0 spiro atoms. The molecule has 0 aromatic carbocycles. The lowest BCUT2D eigenvalue weighted by Gasteiger charge is -2.13. The molecule has 1 unspecified atom stereocenters. The Bertz CT molecular complexity index is 253. The summed E-state index contributed by atoms with van der Waals surface area (Å²) in [5.74, 6) is 0. The number of aryl methyl sites for hydroxylation is 1. The highest BCUT2D eigenvalue weighted by atomic mass is 15.0. The minimum absolute atomic E-state index is 0.629. The van der Waals surface area contributed by atoms with Crippen molar-refractivity contribution in [2.45, 2.75) is 45.7 Å². The van der Waals surface area contributed by atoms with Crippen molar-refractivity contribution in [3.8, 4) is 0 Å². The summed E-state index contributed by atoms with van der Waals surface area (Å²) in [5.41, 5.74) is 1.35. The molecule has 14 heavy (non-hydrogen) atoms. The van der Waals surface area contributed by atoms with Crippen LogP contribution in [0.15, 0.2) is 18.3 Å². The average molecular weight is 194 g/mol. The normalized spacial score (nSPS) is 13.1. The second-order valence-corrected chi connectivity index (χ2v) is 4.03. The van der Waals surface area contributed by atoms with Gasteiger partial charge in [0.05, 0.1) is 0 Å². The van der Waals surface area contributed by atoms with E-state index in [1.807, 2.05) is 0 Å². The number of aromatic nitrogens is 1. The molecule has 1 aromatic heterocycles. The SMILES string of the molecule is CCCCC(C)NCc1cccn1C. The third-order valence-corrected chi connectivity index (χ3v) is 2.67. The Morgan fingerprint density at radius 2 is 2.29 bits per heavy atom. The van der Waals surface area contributed by atoms with Gasteiger partial charge in [-0.25, -0.2) is 0 Å². The number of unbranched alkanes of at least 4 members (excludes halogenated alkanes) is 1. The lowest BCUT2D eigenvalue weighted by atomic mass is 10.1. The average Bonchev–Trinajstić information content (AvgIpc) is 2.58. The monoisotopic (exact) mass is 194 g/mol. The lowest BCUT2D eigenvalue weighted by Crippen LogP contribution is -2.26. The highest BCUT2D eigenvalue weighted by molar-refractivity contribution is 5.06. The number of hydrogen-bond donors (Lipinski definition) is 1. The van der Waals surface area contributed by atoms with Crippen LogP contribution in [0.3, 0.4) is 0 Å². The first-order chi connectivity index (χ1) is 6.74. The van der Waals surface area contributed by atoms with Gasteiger partial charge in [0.15, 0.2) is 0 Å². The molecule has 0 saturated carbocycles. The molecule has 1 N–H and O–H groups in total. The molecule has 0 saturated heterocycles. The number of hydrogen-bond acceptors (Lipinski definition) is 1. The molecule has 1 atom stereocenters. The van der Waals surface area contributed by atoms with Gasteiger partial charge in [0, 0.05) is 31.5 Å². The third-order valence-electron chi connectivity index (χ3n) is 2.67. The molecule has 1 heterocycles. The van der Waals surface area contributed by atoms with Gasteiger partial charge < -0.3 is 9.88 Å². The van der Waals surface area contributed by atoms with Crippen molar-refractivity contribution < 1.29 is 0 Å². The smallest absolute Gasteiger partial charge is 0.0361 e. The van der Waals surface area contributed by atoms with Crippen molar-refractivity contribution in [2.24, 2.45) is 7.05 Å². The number of nitrogens with zero attached hydrogens (tertiary/aromatic N) is 1. The van der Waals surface area contributed by atoms with Gasteiger partial charge in [-0.1, -0.05) is 19.8 Å². The zero-order chi connectivity index (χ0) is 10.4. The Labute approximate surface area is 87.3 Å². The maximum atomic E-state index is 3.54. The first kappa shape index (κ1) is 11.3. The Hall–Kier alpha value is -0.760. The van der Waals surface area contributed by atoms with E-state index in [1.54, 1.807) is 0 Å². The summed E-state index contributed by atoms with van der Waals surface area (Å²) in [5, 5.41) is 3.54. The van der Waals surface area contributed by atoms with Gasteiger partial charge in [0.25, 0.3) is 0 Å². The zero-order valence-electron chi connectivity index (χ0n) is 9.59. The predicted molar refractivity (Wildman–Crippen MR) is 61.2 cm³/mol. The standard InChI is InChI=1S/C12H22N2/c1-4-5-7-11(2)13-10-12-8-6-9-14(12)3/h6,8-9,11,13H,4-5,7,10H2,1-3H3. The summed E-state index contributed by atoms with van der Waals surface area (Å²) in [6.07, 6.45) is 5.98. The molecule has 2 heteroatoms. The fourth-order valence-corrected chi connectivity index (χ4v) is 1.57. The first-order valence-corrected chi connectivity index (χ1v) is 5.57. The van der Waals surface area contributed by atoms with E-state index in [-0.39, 0.29) is 0 Å². The van der Waals surface area contributed by atoms with E-state index in [4.69, 9.17) is 0 Å². The molecule has 0 aliphatic carbocycles. The fourth-order valence-electron chi connectivity index (χ4n) is 1.57. The number of rotatable bonds is 6. The highest BCUT2D eigenvalue weighted by Crippen LogP contribution is 2.03. The molecule has 2 nitrogen and oxygen atoms in total. The van der Waals surface area contributed by atoms with Crippen molar-refractivity contribution in [3.05, 3.63) is 24.0 Å². The van der Waals surface area contributed by atoms with Gasteiger partial charge in [-0.05, 0) is 25.5 Å². The van der Waals surface area contributed by atoms with Gasteiger partial charge >= 0.3 is 0 Å². The van der Waals surface area contributed by atoms with Crippen LogP contribution >= 0.6 is 0 Å². The Morgan fingerprint density at radius 3 is 2.86 bits per heavy atom. The molecule has 1 rings (SSSR count). The van der Waals surface area contributed by atoms with Crippen molar-refractivity contribution in [1.29, 1.82) is 0 Å². The van der Waals surface area contributed by atoms with Crippen LogP contribution in [-0.4, -0.2) is 10.6 Å². The quantitative estimate of drug-likeness (QED) is 0.736.